The molecular formula is C19H16ClF3N8. The van der Waals surface area contributed by atoms with Crippen molar-refractivity contribution in [3.63, 3.8) is 0 Å². The number of alkyl halides is 3. The molecule has 0 bridgehead atoms. The molecule has 0 spiro atoms. The minimum atomic E-state index is -4.51. The molecule has 8 nitrogen and oxygen atoms in total. The predicted octanol–water partition coefficient (Wildman–Crippen LogP) is 3.93. The summed E-state index contributed by atoms with van der Waals surface area (Å²) in [5.41, 5.74) is 5.97. The summed E-state index contributed by atoms with van der Waals surface area (Å²) in [6.45, 7) is 0. The Kier molecular flexibility index (Phi) is 4.92. The van der Waals surface area contributed by atoms with Crippen LogP contribution in [0.2, 0.25) is 0 Å². The lowest BCUT2D eigenvalue weighted by Gasteiger charge is -2.18. The van der Waals surface area contributed by atoms with E-state index >= 15 is 0 Å². The molecule has 0 radical (unpaired) electrons. The Morgan fingerprint density at radius 2 is 1.84 bits per heavy atom. The SMILES string of the molecule is Cl.Nc1nc(NC2(c3cccc(C(F)(F)F)n3)CC2)nc(-c2ccc3cn[nH]c3c2)n1. The van der Waals surface area contributed by atoms with Crippen LogP contribution in [0, 0.1) is 0 Å². The molecule has 3 heterocycles. The van der Waals surface area contributed by atoms with Crippen molar-refractivity contribution in [1.29, 1.82) is 0 Å². The van der Waals surface area contributed by atoms with Gasteiger partial charge in [0.05, 0.1) is 22.9 Å². The largest absolute Gasteiger partial charge is 0.433 e. The number of H-pyrrole nitrogens is 1. The molecule has 4 aromatic rings. The van der Waals surface area contributed by atoms with Crippen LogP contribution in [0.4, 0.5) is 25.1 Å². The highest BCUT2D eigenvalue weighted by Gasteiger charge is 2.47. The first-order valence-corrected chi connectivity index (χ1v) is 9.10. The first kappa shape index (κ1) is 20.8. The minimum absolute atomic E-state index is 0. The standard InChI is InChI=1S/C19H15F3N8.ClH/c20-19(21,22)14-3-1-2-13(25-14)18(6-7-18)29-17-27-15(26-16(23)28-17)10-4-5-11-9-24-30-12(11)8-10;/h1-5,8-9H,6-7H2,(H,24,30)(H3,23,26,27,28,29);1H. The molecule has 1 aromatic carbocycles. The average molecular weight is 449 g/mol. The number of pyridine rings is 1. The number of benzene rings is 1. The van der Waals surface area contributed by atoms with Gasteiger partial charge < -0.3 is 11.1 Å². The highest BCUT2D eigenvalue weighted by Crippen LogP contribution is 2.47. The summed E-state index contributed by atoms with van der Waals surface area (Å²) in [5.74, 6) is 0.522. The van der Waals surface area contributed by atoms with Gasteiger partial charge in [-0.1, -0.05) is 18.2 Å². The first-order chi connectivity index (χ1) is 14.3. The normalized spacial score (nSPS) is 14.8. The number of anilines is 2. The fourth-order valence-corrected chi connectivity index (χ4v) is 3.30. The Bertz CT molecular complexity index is 1250. The summed E-state index contributed by atoms with van der Waals surface area (Å²) in [6, 6.07) is 9.40. The van der Waals surface area contributed by atoms with E-state index in [0.717, 1.165) is 17.0 Å². The molecule has 0 aliphatic heterocycles. The molecule has 0 saturated heterocycles. The van der Waals surface area contributed by atoms with Crippen molar-refractivity contribution >= 4 is 35.2 Å². The highest BCUT2D eigenvalue weighted by atomic mass is 35.5. The molecule has 1 fully saturated rings. The van der Waals surface area contributed by atoms with E-state index < -0.39 is 17.4 Å². The smallest absolute Gasteiger partial charge is 0.368 e. The van der Waals surface area contributed by atoms with Gasteiger partial charge in [0, 0.05) is 10.9 Å². The molecule has 31 heavy (non-hydrogen) atoms. The van der Waals surface area contributed by atoms with Crippen molar-refractivity contribution in [3.05, 3.63) is 54.0 Å². The molecule has 12 heteroatoms. The number of aromatic nitrogens is 6. The van der Waals surface area contributed by atoms with Gasteiger partial charge in [0.25, 0.3) is 0 Å². The van der Waals surface area contributed by atoms with E-state index in [0.29, 0.717) is 24.2 Å². The van der Waals surface area contributed by atoms with Gasteiger partial charge in [0.2, 0.25) is 11.9 Å². The fraction of sp³-hybridized carbons (Fsp3) is 0.211. The monoisotopic (exact) mass is 448 g/mol. The maximum atomic E-state index is 13.0. The van der Waals surface area contributed by atoms with Crippen molar-refractivity contribution in [2.75, 3.05) is 11.1 Å². The molecule has 1 aliphatic carbocycles. The van der Waals surface area contributed by atoms with E-state index in [4.69, 9.17) is 5.73 Å². The third kappa shape index (κ3) is 3.96. The predicted molar refractivity (Wildman–Crippen MR) is 110 cm³/mol. The molecular weight excluding hydrogens is 433 g/mol. The second-order valence-corrected chi connectivity index (χ2v) is 7.13. The van der Waals surface area contributed by atoms with Crippen LogP contribution in [-0.4, -0.2) is 30.1 Å². The Hall–Kier alpha value is -3.47. The van der Waals surface area contributed by atoms with Crippen LogP contribution in [0.5, 0.6) is 0 Å². The fourth-order valence-electron chi connectivity index (χ4n) is 3.30. The summed E-state index contributed by atoms with van der Waals surface area (Å²) in [4.78, 5) is 16.5. The molecule has 1 aliphatic rings. The lowest BCUT2D eigenvalue weighted by Crippen LogP contribution is -2.24. The van der Waals surface area contributed by atoms with Crippen LogP contribution in [0.15, 0.2) is 42.6 Å². The van der Waals surface area contributed by atoms with E-state index in [1.165, 1.54) is 6.07 Å². The number of nitrogen functional groups attached to an aromatic ring is 1. The zero-order chi connectivity index (χ0) is 20.9. The molecule has 0 unspecified atom stereocenters. The van der Waals surface area contributed by atoms with Gasteiger partial charge >= 0.3 is 6.18 Å². The van der Waals surface area contributed by atoms with Crippen LogP contribution in [0.25, 0.3) is 22.3 Å². The summed E-state index contributed by atoms with van der Waals surface area (Å²) < 4.78 is 39.1. The van der Waals surface area contributed by atoms with Gasteiger partial charge in [-0.25, -0.2) is 4.98 Å². The van der Waals surface area contributed by atoms with E-state index in [1.54, 1.807) is 12.3 Å². The van der Waals surface area contributed by atoms with E-state index in [-0.39, 0.29) is 30.0 Å². The molecule has 0 amide bonds. The average Bonchev–Trinajstić information content (AvgIpc) is 3.33. The zero-order valence-electron chi connectivity index (χ0n) is 15.8. The third-order valence-corrected chi connectivity index (χ3v) is 4.98. The number of nitrogens with two attached hydrogens (primary N) is 1. The molecule has 0 atom stereocenters. The van der Waals surface area contributed by atoms with Crippen molar-refractivity contribution in [1.82, 2.24) is 30.1 Å². The Labute approximate surface area is 179 Å². The number of hydrogen-bond acceptors (Lipinski definition) is 7. The topological polar surface area (TPSA) is 118 Å². The van der Waals surface area contributed by atoms with Crippen molar-refractivity contribution in [3.8, 4) is 11.4 Å². The van der Waals surface area contributed by atoms with E-state index in [1.807, 2.05) is 18.2 Å². The molecule has 5 rings (SSSR count). The second kappa shape index (κ2) is 7.34. The van der Waals surface area contributed by atoms with Crippen LogP contribution >= 0.6 is 12.4 Å². The van der Waals surface area contributed by atoms with Gasteiger partial charge in [0.15, 0.2) is 5.82 Å². The molecule has 160 valence electrons. The van der Waals surface area contributed by atoms with Crippen LogP contribution in [0.1, 0.15) is 24.2 Å². The number of aromatic amines is 1. The first-order valence-electron chi connectivity index (χ1n) is 9.10. The van der Waals surface area contributed by atoms with E-state index in [9.17, 15) is 13.2 Å². The Balaban J connectivity index is 0.00000231. The number of nitrogens with zero attached hydrogens (tertiary/aromatic N) is 5. The van der Waals surface area contributed by atoms with Gasteiger partial charge in [-0.2, -0.15) is 33.2 Å². The molecule has 3 aromatic heterocycles. The van der Waals surface area contributed by atoms with Gasteiger partial charge in [0.1, 0.15) is 5.69 Å². The van der Waals surface area contributed by atoms with Gasteiger partial charge in [-0.3, -0.25) is 5.10 Å². The number of hydrogen-bond donors (Lipinski definition) is 3. The number of nitrogens with one attached hydrogen (secondary N) is 2. The minimum Gasteiger partial charge on any atom is -0.368 e. The Morgan fingerprint density at radius 3 is 2.58 bits per heavy atom. The van der Waals surface area contributed by atoms with Crippen LogP contribution < -0.4 is 11.1 Å². The quantitative estimate of drug-likeness (QED) is 0.432. The number of fused-ring (bicyclic) bond motifs is 1. The second-order valence-electron chi connectivity index (χ2n) is 7.13. The maximum absolute atomic E-state index is 13.0. The van der Waals surface area contributed by atoms with Crippen molar-refractivity contribution in [2.45, 2.75) is 24.6 Å². The summed E-state index contributed by atoms with van der Waals surface area (Å²) >= 11 is 0. The maximum Gasteiger partial charge on any atom is 0.433 e. The highest BCUT2D eigenvalue weighted by molar-refractivity contribution is 5.85. The van der Waals surface area contributed by atoms with Crippen molar-refractivity contribution in [2.24, 2.45) is 0 Å². The lowest BCUT2D eigenvalue weighted by atomic mass is 10.1. The zero-order valence-corrected chi connectivity index (χ0v) is 16.6. The van der Waals surface area contributed by atoms with Crippen LogP contribution in [-0.2, 0) is 11.7 Å². The van der Waals surface area contributed by atoms with Gasteiger partial charge in [-0.15, -0.1) is 12.4 Å². The number of halogens is 4. The molecule has 1 saturated carbocycles. The van der Waals surface area contributed by atoms with E-state index in [2.05, 4.69) is 35.5 Å². The summed E-state index contributed by atoms with van der Waals surface area (Å²) in [7, 11) is 0. The Morgan fingerprint density at radius 1 is 1.03 bits per heavy atom. The summed E-state index contributed by atoms with van der Waals surface area (Å²) in [5, 5.41) is 10.9. The number of rotatable bonds is 4. The molecule has 4 N–H and O–H groups in total. The third-order valence-electron chi connectivity index (χ3n) is 4.98. The van der Waals surface area contributed by atoms with Crippen molar-refractivity contribution < 1.29 is 13.2 Å². The lowest BCUT2D eigenvalue weighted by molar-refractivity contribution is -0.141. The summed E-state index contributed by atoms with van der Waals surface area (Å²) in [6.07, 6.45) is -1.61. The van der Waals surface area contributed by atoms with Gasteiger partial charge in [-0.05, 0) is 31.0 Å². The van der Waals surface area contributed by atoms with Crippen LogP contribution in [0.3, 0.4) is 0 Å².